The molecule has 4 aromatic rings. The summed E-state index contributed by atoms with van der Waals surface area (Å²) in [5, 5.41) is 2.97. The first-order valence-electron chi connectivity index (χ1n) is 14.3. The van der Waals surface area contributed by atoms with Gasteiger partial charge >= 0.3 is 0 Å². The zero-order valence-corrected chi connectivity index (χ0v) is 23.6. The minimum absolute atomic E-state index is 0.0525. The maximum atomic E-state index is 15.4. The Morgan fingerprint density at radius 2 is 1.63 bits per heavy atom. The van der Waals surface area contributed by atoms with Crippen molar-refractivity contribution in [2.45, 2.75) is 18.8 Å². The van der Waals surface area contributed by atoms with Gasteiger partial charge in [-0.3, -0.25) is 0 Å². The summed E-state index contributed by atoms with van der Waals surface area (Å²) in [4.78, 5) is 12.5. The van der Waals surface area contributed by atoms with Crippen LogP contribution in [0.15, 0.2) is 54.7 Å². The minimum Gasteiger partial charge on any atom is -0.486 e. The molecule has 1 fully saturated rings. The Hall–Kier alpha value is -4.51. The van der Waals surface area contributed by atoms with E-state index in [-0.39, 0.29) is 41.3 Å². The van der Waals surface area contributed by atoms with E-state index in [1.807, 2.05) is 23.1 Å². The smallest absolute Gasteiger partial charge is 0.227 e. The molecule has 0 saturated carbocycles. The van der Waals surface area contributed by atoms with Crippen molar-refractivity contribution in [2.75, 3.05) is 56.7 Å². The third-order valence-electron chi connectivity index (χ3n) is 8.14. The number of ether oxygens (including phenoxy) is 3. The maximum absolute atomic E-state index is 15.4. The fourth-order valence-corrected chi connectivity index (χ4v) is 5.95. The van der Waals surface area contributed by atoms with E-state index in [1.54, 1.807) is 18.2 Å². The Balaban J connectivity index is 1.19. The number of nitrogens with one attached hydrogen (secondary N) is 1. The van der Waals surface area contributed by atoms with Gasteiger partial charge in [-0.2, -0.15) is 0 Å². The number of piperidine rings is 1. The highest BCUT2D eigenvalue weighted by atomic mass is 19.1. The summed E-state index contributed by atoms with van der Waals surface area (Å²) >= 11 is 0. The van der Waals surface area contributed by atoms with Crippen LogP contribution in [0.2, 0.25) is 0 Å². The highest BCUT2D eigenvalue weighted by molar-refractivity contribution is 5.80. The summed E-state index contributed by atoms with van der Waals surface area (Å²) in [7, 11) is 2.07. The second kappa shape index (κ2) is 11.3. The Labute approximate surface area is 247 Å². The van der Waals surface area contributed by atoms with E-state index in [2.05, 4.69) is 27.2 Å². The highest BCUT2D eigenvalue weighted by Gasteiger charge is 2.29. The van der Waals surface area contributed by atoms with E-state index in [0.29, 0.717) is 53.9 Å². The lowest BCUT2D eigenvalue weighted by Crippen LogP contribution is -2.30. The Kier molecular flexibility index (Phi) is 7.18. The Morgan fingerprint density at radius 1 is 0.814 bits per heavy atom. The number of fused-ring (bicyclic) bond motifs is 2. The second-order valence-corrected chi connectivity index (χ2v) is 10.9. The molecule has 1 saturated heterocycles. The van der Waals surface area contributed by atoms with E-state index in [9.17, 15) is 0 Å². The number of hydrogen-bond acceptors (Lipinski definition) is 8. The predicted octanol–water partition coefficient (Wildman–Crippen LogP) is 6.42. The first-order chi connectivity index (χ1) is 20.9. The van der Waals surface area contributed by atoms with Gasteiger partial charge < -0.3 is 29.3 Å². The van der Waals surface area contributed by atoms with Crippen molar-refractivity contribution in [3.63, 3.8) is 0 Å². The molecule has 43 heavy (non-hydrogen) atoms. The fraction of sp³-hybridized carbons (Fsp3) is 0.312. The lowest BCUT2D eigenvalue weighted by molar-refractivity contribution is 0.172. The largest absolute Gasteiger partial charge is 0.486 e. The molecule has 0 aliphatic carbocycles. The van der Waals surface area contributed by atoms with E-state index >= 15 is 13.2 Å². The molecule has 3 aliphatic rings. The first-order valence-corrected chi connectivity index (χ1v) is 14.3. The van der Waals surface area contributed by atoms with Crippen molar-refractivity contribution < 1.29 is 27.4 Å². The summed E-state index contributed by atoms with van der Waals surface area (Å²) in [5.74, 6) is -0.265. The maximum Gasteiger partial charge on any atom is 0.227 e. The van der Waals surface area contributed by atoms with Crippen molar-refractivity contribution in [3.8, 4) is 28.5 Å². The van der Waals surface area contributed by atoms with Crippen molar-refractivity contribution in [2.24, 2.45) is 0 Å². The van der Waals surface area contributed by atoms with Crippen LogP contribution in [0.3, 0.4) is 0 Å². The van der Waals surface area contributed by atoms with Crippen LogP contribution in [0.1, 0.15) is 24.3 Å². The molecule has 0 unspecified atom stereocenters. The van der Waals surface area contributed by atoms with Gasteiger partial charge in [0.25, 0.3) is 0 Å². The van der Waals surface area contributed by atoms with E-state index in [0.717, 1.165) is 32.1 Å². The highest BCUT2D eigenvalue weighted by Crippen LogP contribution is 2.47. The van der Waals surface area contributed by atoms with Gasteiger partial charge in [0.05, 0.1) is 24.1 Å². The van der Waals surface area contributed by atoms with Crippen LogP contribution in [-0.2, 0) is 0 Å². The summed E-state index contributed by atoms with van der Waals surface area (Å²) < 4.78 is 63.0. The Morgan fingerprint density at radius 3 is 2.47 bits per heavy atom. The van der Waals surface area contributed by atoms with E-state index in [4.69, 9.17) is 14.2 Å². The van der Waals surface area contributed by atoms with Gasteiger partial charge in [-0.1, -0.05) is 12.1 Å². The molecule has 7 rings (SSSR count). The molecule has 0 atom stereocenters. The van der Waals surface area contributed by atoms with Crippen LogP contribution in [0.5, 0.6) is 17.2 Å². The predicted molar refractivity (Wildman–Crippen MR) is 156 cm³/mol. The monoisotopic (exact) mass is 589 g/mol. The number of nitrogens with zero attached hydrogens (tertiary/aromatic N) is 4. The zero-order valence-electron chi connectivity index (χ0n) is 23.6. The number of rotatable bonds is 5. The molecule has 0 spiro atoms. The molecule has 0 radical (unpaired) electrons. The molecular formula is C32H30F3N5O3. The molecule has 0 amide bonds. The van der Waals surface area contributed by atoms with Crippen LogP contribution in [-0.4, -0.2) is 61.4 Å². The van der Waals surface area contributed by atoms with Gasteiger partial charge in [-0.15, -0.1) is 0 Å². The van der Waals surface area contributed by atoms with Gasteiger partial charge in [0, 0.05) is 11.3 Å². The van der Waals surface area contributed by atoms with Gasteiger partial charge in [-0.05, 0) is 80.9 Å². The summed E-state index contributed by atoms with van der Waals surface area (Å²) in [5.41, 5.74) is 2.30. The number of para-hydroxylation sites is 1. The molecular weight excluding hydrogens is 559 g/mol. The summed E-state index contributed by atoms with van der Waals surface area (Å²) in [6, 6.07) is 13.3. The lowest BCUT2D eigenvalue weighted by atomic mass is 9.89. The third kappa shape index (κ3) is 5.29. The number of aromatic nitrogens is 2. The molecule has 4 heterocycles. The van der Waals surface area contributed by atoms with Gasteiger partial charge in [0.1, 0.15) is 31.3 Å². The normalized spacial score (nSPS) is 16.9. The Bertz CT molecular complexity index is 1680. The van der Waals surface area contributed by atoms with Crippen LogP contribution in [0.25, 0.3) is 11.3 Å². The first kappa shape index (κ1) is 27.3. The topological polar surface area (TPSA) is 72.0 Å². The molecule has 0 bridgehead atoms. The summed E-state index contributed by atoms with van der Waals surface area (Å²) in [6.07, 6.45) is 2.81. The standard InChI is InChI=1S/C32H30F3N5O3/c1-39-9-7-19(8-10-39)22-6-5-21(17-23(22)33)37-32-36-18-25(35)29(38-32)20-15-24(34)30-27(16-20)40(11-12-42-30)26-3-2-4-28-31(26)43-14-13-41-28/h2-6,15-19H,7-14H2,1H3,(H,36,37,38). The van der Waals surface area contributed by atoms with Crippen LogP contribution in [0, 0.1) is 17.5 Å². The number of anilines is 4. The van der Waals surface area contributed by atoms with Crippen molar-refractivity contribution in [1.29, 1.82) is 0 Å². The lowest BCUT2D eigenvalue weighted by Gasteiger charge is -2.34. The average molecular weight is 590 g/mol. The third-order valence-corrected chi connectivity index (χ3v) is 8.14. The van der Waals surface area contributed by atoms with Crippen LogP contribution >= 0.6 is 0 Å². The quantitative estimate of drug-likeness (QED) is 0.286. The second-order valence-electron chi connectivity index (χ2n) is 10.9. The van der Waals surface area contributed by atoms with Crippen molar-refractivity contribution in [1.82, 2.24) is 14.9 Å². The van der Waals surface area contributed by atoms with E-state index < -0.39 is 11.6 Å². The number of halogens is 3. The van der Waals surface area contributed by atoms with Gasteiger partial charge in [0.15, 0.2) is 28.9 Å². The van der Waals surface area contributed by atoms with Gasteiger partial charge in [0.2, 0.25) is 5.95 Å². The molecule has 8 nitrogen and oxygen atoms in total. The fourth-order valence-electron chi connectivity index (χ4n) is 5.95. The molecule has 1 aromatic heterocycles. The number of likely N-dealkylation sites (tertiary alicyclic amines) is 1. The molecule has 11 heteroatoms. The zero-order chi connectivity index (χ0) is 29.5. The molecule has 3 aromatic carbocycles. The minimum atomic E-state index is -0.731. The number of benzene rings is 3. The van der Waals surface area contributed by atoms with Crippen molar-refractivity contribution in [3.05, 3.63) is 77.7 Å². The average Bonchev–Trinajstić information content (AvgIpc) is 3.02. The summed E-state index contributed by atoms with van der Waals surface area (Å²) in [6.45, 7) is 3.35. The van der Waals surface area contributed by atoms with Crippen LogP contribution < -0.4 is 24.4 Å². The SMILES string of the molecule is CN1CCC(c2ccc(Nc3ncc(F)c(-c4cc(F)c5c(c4)N(c4cccc6c4OCCO6)CCO5)n3)cc2F)CC1. The van der Waals surface area contributed by atoms with Gasteiger partial charge in [-0.25, -0.2) is 23.1 Å². The number of hydrogen-bond donors (Lipinski definition) is 1. The van der Waals surface area contributed by atoms with Crippen LogP contribution in [0.4, 0.5) is 36.2 Å². The molecule has 3 aliphatic heterocycles. The molecule has 1 N–H and O–H groups in total. The molecule has 222 valence electrons. The van der Waals surface area contributed by atoms with Crippen molar-refractivity contribution >= 4 is 23.0 Å². The van der Waals surface area contributed by atoms with E-state index in [1.165, 1.54) is 12.1 Å².